The van der Waals surface area contributed by atoms with Crippen molar-refractivity contribution in [3.8, 4) is 11.1 Å². The Hall–Kier alpha value is -1.86. The van der Waals surface area contributed by atoms with Gasteiger partial charge < -0.3 is 10.3 Å². The first-order valence-electron chi connectivity index (χ1n) is 9.71. The maximum atomic E-state index is 13.2. The van der Waals surface area contributed by atoms with E-state index in [0.717, 1.165) is 55.3 Å². The minimum atomic E-state index is -3.65. The lowest BCUT2D eigenvalue weighted by Crippen LogP contribution is -2.33. The quantitative estimate of drug-likeness (QED) is 0.692. The zero-order chi connectivity index (χ0) is 19.6. The number of rotatable bonds is 7. The van der Waals surface area contributed by atoms with Crippen LogP contribution in [0.1, 0.15) is 62.5 Å². The number of aromatic nitrogens is 1. The molecule has 0 aliphatic heterocycles. The molecular weight excluding hydrogens is 362 g/mol. The molecular formula is C20H29N3O3S. The Bertz CT molecular complexity index is 893. The topological polar surface area (TPSA) is 98.2 Å². The number of nitrogen functional groups attached to an aromatic ring is 1. The lowest BCUT2D eigenvalue weighted by Gasteiger charge is -2.18. The van der Waals surface area contributed by atoms with E-state index in [1.807, 2.05) is 19.9 Å². The number of anilines is 1. The molecule has 0 atom stereocenters. The van der Waals surface area contributed by atoms with Crippen LogP contribution in [-0.2, 0) is 16.4 Å². The summed E-state index contributed by atoms with van der Waals surface area (Å²) in [6.07, 6.45) is 6.42. The van der Waals surface area contributed by atoms with E-state index in [2.05, 4.69) is 16.8 Å². The third-order valence-corrected chi connectivity index (χ3v) is 6.90. The van der Waals surface area contributed by atoms with Crippen molar-refractivity contribution in [2.75, 3.05) is 5.73 Å². The van der Waals surface area contributed by atoms with Crippen LogP contribution in [-0.4, -0.2) is 19.6 Å². The van der Waals surface area contributed by atoms with Crippen LogP contribution in [0.5, 0.6) is 0 Å². The molecule has 1 fully saturated rings. The minimum Gasteiger partial charge on any atom is -0.398 e. The summed E-state index contributed by atoms with van der Waals surface area (Å²) in [5, 5.41) is 3.99. The molecule has 0 radical (unpaired) electrons. The molecule has 148 valence electrons. The molecule has 1 aliphatic rings. The van der Waals surface area contributed by atoms with Crippen LogP contribution >= 0.6 is 0 Å². The van der Waals surface area contributed by atoms with Gasteiger partial charge in [-0.2, -0.15) is 0 Å². The summed E-state index contributed by atoms with van der Waals surface area (Å²) < 4.78 is 34.6. The number of hydrogen-bond donors (Lipinski definition) is 2. The molecule has 1 aromatic carbocycles. The first-order valence-corrected chi connectivity index (χ1v) is 11.2. The highest BCUT2D eigenvalue weighted by atomic mass is 32.2. The Balaban J connectivity index is 2.10. The second-order valence-corrected chi connectivity index (χ2v) is 9.13. The zero-order valence-electron chi connectivity index (χ0n) is 16.3. The van der Waals surface area contributed by atoms with Crippen molar-refractivity contribution < 1.29 is 12.9 Å². The van der Waals surface area contributed by atoms with Crippen LogP contribution in [0.2, 0.25) is 0 Å². The van der Waals surface area contributed by atoms with Crippen molar-refractivity contribution in [1.29, 1.82) is 0 Å². The van der Waals surface area contributed by atoms with Crippen molar-refractivity contribution in [3.05, 3.63) is 29.2 Å². The summed E-state index contributed by atoms with van der Waals surface area (Å²) in [5.41, 5.74) is 9.81. The fourth-order valence-corrected chi connectivity index (χ4v) is 5.52. The predicted octanol–water partition coefficient (Wildman–Crippen LogP) is 4.10. The number of sulfonamides is 1. The molecule has 3 N–H and O–H groups in total. The Morgan fingerprint density at radius 2 is 1.96 bits per heavy atom. The monoisotopic (exact) mass is 391 g/mol. The first kappa shape index (κ1) is 19.9. The number of hydrogen-bond acceptors (Lipinski definition) is 5. The molecule has 2 aromatic rings. The average molecular weight is 392 g/mol. The molecule has 6 nitrogen and oxygen atoms in total. The van der Waals surface area contributed by atoms with Gasteiger partial charge in [0.15, 0.2) is 0 Å². The van der Waals surface area contributed by atoms with E-state index >= 15 is 0 Å². The second kappa shape index (κ2) is 8.02. The minimum absolute atomic E-state index is 0.0120. The maximum Gasteiger partial charge on any atom is 0.241 e. The largest absolute Gasteiger partial charge is 0.398 e. The van der Waals surface area contributed by atoms with E-state index in [0.29, 0.717) is 23.4 Å². The second-order valence-electron chi connectivity index (χ2n) is 7.45. The third kappa shape index (κ3) is 4.19. The Morgan fingerprint density at radius 3 is 2.56 bits per heavy atom. The summed E-state index contributed by atoms with van der Waals surface area (Å²) >= 11 is 0. The number of nitrogens with one attached hydrogen (secondary N) is 1. The fourth-order valence-electron chi connectivity index (χ4n) is 3.89. The zero-order valence-corrected chi connectivity index (χ0v) is 17.2. The van der Waals surface area contributed by atoms with E-state index in [9.17, 15) is 8.42 Å². The van der Waals surface area contributed by atoms with Crippen molar-refractivity contribution in [1.82, 2.24) is 9.88 Å². The van der Waals surface area contributed by atoms with E-state index in [4.69, 9.17) is 10.3 Å². The van der Waals surface area contributed by atoms with Crippen LogP contribution in [0.25, 0.3) is 11.1 Å². The molecule has 0 saturated heterocycles. The van der Waals surface area contributed by atoms with Gasteiger partial charge in [0.1, 0.15) is 5.76 Å². The third-order valence-electron chi connectivity index (χ3n) is 5.31. The van der Waals surface area contributed by atoms with E-state index in [1.54, 1.807) is 6.07 Å². The standard InChI is InChI=1S/C20H29N3O3S/c1-4-5-10-17-18(21)11-15(20-13(2)22-26-14(20)3)12-19(17)27(24,25)23-16-8-6-7-9-16/h11-12,16,23H,4-10,21H2,1-3H3. The SMILES string of the molecule is CCCCc1c(N)cc(-c2c(C)noc2C)cc1S(=O)(=O)NC1CCCC1. The van der Waals surface area contributed by atoms with Gasteiger partial charge in [0.25, 0.3) is 0 Å². The van der Waals surface area contributed by atoms with Crippen molar-refractivity contribution in [2.45, 2.75) is 76.7 Å². The number of benzene rings is 1. The van der Waals surface area contributed by atoms with Crippen molar-refractivity contribution in [3.63, 3.8) is 0 Å². The van der Waals surface area contributed by atoms with Gasteiger partial charge in [0, 0.05) is 17.3 Å². The summed E-state index contributed by atoms with van der Waals surface area (Å²) in [7, 11) is -3.65. The fraction of sp³-hybridized carbons (Fsp3) is 0.550. The summed E-state index contributed by atoms with van der Waals surface area (Å²) in [4.78, 5) is 0.290. The molecule has 1 aromatic heterocycles. The summed E-state index contributed by atoms with van der Waals surface area (Å²) in [6, 6.07) is 3.58. The van der Waals surface area contributed by atoms with Gasteiger partial charge in [-0.05, 0) is 62.8 Å². The number of unbranched alkanes of at least 4 members (excludes halogenated alkanes) is 1. The van der Waals surface area contributed by atoms with E-state index in [-0.39, 0.29) is 10.9 Å². The Labute approximate surface area is 161 Å². The summed E-state index contributed by atoms with van der Waals surface area (Å²) in [5.74, 6) is 0.653. The van der Waals surface area contributed by atoms with E-state index < -0.39 is 10.0 Å². The smallest absolute Gasteiger partial charge is 0.241 e. The van der Waals surface area contributed by atoms with Crippen molar-refractivity contribution in [2.24, 2.45) is 0 Å². The molecule has 1 saturated carbocycles. The Morgan fingerprint density at radius 1 is 1.26 bits per heavy atom. The number of nitrogens with zero attached hydrogens (tertiary/aromatic N) is 1. The van der Waals surface area contributed by atoms with Gasteiger partial charge in [-0.25, -0.2) is 13.1 Å². The highest BCUT2D eigenvalue weighted by Gasteiger charge is 2.27. The lowest BCUT2D eigenvalue weighted by molar-refractivity contribution is 0.393. The van der Waals surface area contributed by atoms with Gasteiger partial charge in [-0.15, -0.1) is 0 Å². The van der Waals surface area contributed by atoms with Gasteiger partial charge in [0.2, 0.25) is 10.0 Å². The number of aryl methyl sites for hydroxylation is 2. The molecule has 1 aliphatic carbocycles. The first-order chi connectivity index (χ1) is 12.8. The van der Waals surface area contributed by atoms with Crippen molar-refractivity contribution >= 4 is 15.7 Å². The highest BCUT2D eigenvalue weighted by molar-refractivity contribution is 7.89. The predicted molar refractivity (Wildman–Crippen MR) is 107 cm³/mol. The Kier molecular flexibility index (Phi) is 5.91. The van der Waals surface area contributed by atoms with Crippen LogP contribution in [0, 0.1) is 13.8 Å². The van der Waals surface area contributed by atoms with Crippen LogP contribution in [0.4, 0.5) is 5.69 Å². The van der Waals surface area contributed by atoms with Gasteiger partial charge >= 0.3 is 0 Å². The van der Waals surface area contributed by atoms with Gasteiger partial charge in [-0.1, -0.05) is 31.3 Å². The normalized spacial score (nSPS) is 15.5. The van der Waals surface area contributed by atoms with E-state index in [1.165, 1.54) is 0 Å². The number of nitrogens with two attached hydrogens (primary N) is 1. The molecule has 1 heterocycles. The molecule has 0 spiro atoms. The molecule has 0 amide bonds. The molecule has 7 heteroatoms. The molecule has 3 rings (SSSR count). The van der Waals surface area contributed by atoms with Crippen LogP contribution in [0.15, 0.2) is 21.6 Å². The molecule has 27 heavy (non-hydrogen) atoms. The highest BCUT2D eigenvalue weighted by Crippen LogP contribution is 2.34. The van der Waals surface area contributed by atoms with Crippen LogP contribution in [0.3, 0.4) is 0 Å². The van der Waals surface area contributed by atoms with Gasteiger partial charge in [0.05, 0.1) is 10.6 Å². The summed E-state index contributed by atoms with van der Waals surface area (Å²) in [6.45, 7) is 5.75. The molecule has 0 bridgehead atoms. The lowest BCUT2D eigenvalue weighted by atomic mass is 9.99. The van der Waals surface area contributed by atoms with Gasteiger partial charge in [-0.3, -0.25) is 0 Å². The molecule has 0 unspecified atom stereocenters. The maximum absolute atomic E-state index is 13.2. The van der Waals surface area contributed by atoms with Crippen LogP contribution < -0.4 is 10.5 Å². The average Bonchev–Trinajstić information content (AvgIpc) is 3.22.